The fourth-order valence-electron chi connectivity index (χ4n) is 3.35. The number of sulfonamides is 1. The van der Waals surface area contributed by atoms with E-state index in [1.165, 1.54) is 0 Å². The van der Waals surface area contributed by atoms with Gasteiger partial charge in [0.2, 0.25) is 0 Å². The van der Waals surface area contributed by atoms with Crippen molar-refractivity contribution in [1.29, 1.82) is 0 Å². The molecule has 3 aromatic carbocycles. The van der Waals surface area contributed by atoms with Crippen molar-refractivity contribution in [2.75, 3.05) is 4.72 Å². The first-order chi connectivity index (χ1) is 15.1. The smallest absolute Gasteiger partial charge is 0.335 e. The lowest BCUT2D eigenvalue weighted by Gasteiger charge is -2.23. The molecule has 0 saturated carbocycles. The molecule has 168 valence electrons. The van der Waals surface area contributed by atoms with E-state index < -0.39 is 16.0 Å². The average molecular weight is 452 g/mol. The lowest BCUT2D eigenvalue weighted by atomic mass is 9.82. The van der Waals surface area contributed by atoms with Crippen LogP contribution in [0.1, 0.15) is 54.2 Å². The monoisotopic (exact) mass is 451 g/mol. The second kappa shape index (κ2) is 9.57. The normalized spacial score (nSPS) is 11.8. The summed E-state index contributed by atoms with van der Waals surface area (Å²) in [5.41, 5.74) is 4.02. The third kappa shape index (κ3) is 5.77. The first-order valence-corrected chi connectivity index (χ1v) is 12.1. The van der Waals surface area contributed by atoms with Crippen molar-refractivity contribution in [3.63, 3.8) is 0 Å². The second-order valence-electron chi connectivity index (χ2n) is 8.57. The van der Waals surface area contributed by atoms with E-state index in [9.17, 15) is 13.2 Å². The Morgan fingerprint density at radius 2 is 1.34 bits per heavy atom. The van der Waals surface area contributed by atoms with Gasteiger partial charge in [0.1, 0.15) is 0 Å². The summed E-state index contributed by atoms with van der Waals surface area (Å²) in [6, 6.07) is 21.2. The molecular weight excluding hydrogens is 422 g/mol. The van der Waals surface area contributed by atoms with Crippen molar-refractivity contribution < 1.29 is 18.3 Å². The number of carboxylic acids is 1. The Kier molecular flexibility index (Phi) is 7.04. The molecule has 0 fully saturated rings. The number of nitrogens with one attached hydrogen (secondary N) is 1. The van der Waals surface area contributed by atoms with Gasteiger partial charge in [-0.15, -0.1) is 0 Å². The van der Waals surface area contributed by atoms with Gasteiger partial charge in [-0.2, -0.15) is 0 Å². The van der Waals surface area contributed by atoms with Gasteiger partial charge in [-0.25, -0.2) is 13.2 Å². The van der Waals surface area contributed by atoms with Gasteiger partial charge in [0.25, 0.3) is 10.0 Å². The molecule has 6 heteroatoms. The number of anilines is 1. The van der Waals surface area contributed by atoms with Crippen LogP contribution < -0.4 is 4.72 Å². The Hall–Kier alpha value is -3.12. The maximum atomic E-state index is 12.8. The first kappa shape index (κ1) is 23.5. The van der Waals surface area contributed by atoms with Crippen LogP contribution in [0, 0.1) is 0 Å². The van der Waals surface area contributed by atoms with Crippen LogP contribution in [-0.2, 0) is 28.3 Å². The molecule has 0 spiro atoms. The number of aromatic carboxylic acids is 1. The number of rotatable bonds is 9. The van der Waals surface area contributed by atoms with Crippen molar-refractivity contribution in [3.8, 4) is 0 Å². The molecule has 0 heterocycles. The minimum absolute atomic E-state index is 0.00382. The molecule has 0 atom stereocenters. The van der Waals surface area contributed by atoms with Crippen LogP contribution in [0.4, 0.5) is 5.69 Å². The quantitative estimate of drug-likeness (QED) is 0.440. The maximum absolute atomic E-state index is 12.8. The van der Waals surface area contributed by atoms with E-state index >= 15 is 0 Å². The highest BCUT2D eigenvalue weighted by atomic mass is 32.2. The third-order valence-electron chi connectivity index (χ3n) is 5.94. The van der Waals surface area contributed by atoms with Gasteiger partial charge in [-0.1, -0.05) is 57.2 Å². The summed E-state index contributed by atoms with van der Waals surface area (Å²) in [7, 11) is -3.66. The Morgan fingerprint density at radius 1 is 0.844 bits per heavy atom. The molecular formula is C26H29NO4S. The zero-order valence-corrected chi connectivity index (χ0v) is 19.4. The predicted octanol–water partition coefficient (Wildman–Crippen LogP) is 5.66. The van der Waals surface area contributed by atoms with Gasteiger partial charge in [-0.3, -0.25) is 4.72 Å². The molecule has 0 unspecified atom stereocenters. The van der Waals surface area contributed by atoms with E-state index in [0.717, 1.165) is 36.0 Å². The molecule has 0 aliphatic carbocycles. The van der Waals surface area contributed by atoms with E-state index in [-0.39, 0.29) is 15.9 Å². The molecule has 3 aromatic rings. The molecule has 0 amide bonds. The van der Waals surface area contributed by atoms with Crippen molar-refractivity contribution in [1.82, 2.24) is 0 Å². The lowest BCUT2D eigenvalue weighted by molar-refractivity contribution is 0.0697. The summed E-state index contributed by atoms with van der Waals surface area (Å²) in [5.74, 6) is -0.935. The summed E-state index contributed by atoms with van der Waals surface area (Å²) in [6.07, 6.45) is 2.51. The maximum Gasteiger partial charge on any atom is 0.335 e. The van der Waals surface area contributed by atoms with Crippen molar-refractivity contribution >= 4 is 21.7 Å². The Balaban J connectivity index is 1.62. The Labute approximate surface area is 190 Å². The highest BCUT2D eigenvalue weighted by Crippen LogP contribution is 2.28. The van der Waals surface area contributed by atoms with E-state index in [4.69, 9.17) is 5.11 Å². The topological polar surface area (TPSA) is 83.5 Å². The third-order valence-corrected chi connectivity index (χ3v) is 7.34. The lowest BCUT2D eigenvalue weighted by Crippen LogP contribution is -2.17. The molecule has 3 rings (SSSR count). The molecule has 2 N–H and O–H groups in total. The van der Waals surface area contributed by atoms with Gasteiger partial charge < -0.3 is 5.11 Å². The zero-order valence-electron chi connectivity index (χ0n) is 18.6. The molecule has 0 aliphatic heterocycles. The first-order valence-electron chi connectivity index (χ1n) is 10.7. The summed E-state index contributed by atoms with van der Waals surface area (Å²) in [6.45, 7) is 6.40. The number of hydrogen-bond acceptors (Lipinski definition) is 3. The van der Waals surface area contributed by atoms with Gasteiger partial charge in [0.05, 0.1) is 10.5 Å². The number of hydrogen-bond donors (Lipinski definition) is 2. The van der Waals surface area contributed by atoms with E-state index in [0.29, 0.717) is 5.69 Å². The minimum Gasteiger partial charge on any atom is -0.478 e. The highest BCUT2D eigenvalue weighted by molar-refractivity contribution is 7.92. The number of aryl methyl sites for hydroxylation is 2. The van der Waals surface area contributed by atoms with E-state index in [1.54, 1.807) is 36.4 Å². The van der Waals surface area contributed by atoms with Gasteiger partial charge in [0.15, 0.2) is 0 Å². The number of carbonyl (C=O) groups is 1. The number of benzene rings is 3. The minimum atomic E-state index is -3.66. The zero-order chi connectivity index (χ0) is 23.4. The van der Waals surface area contributed by atoms with Crippen LogP contribution in [0.25, 0.3) is 0 Å². The Bertz CT molecular complexity index is 1160. The summed E-state index contributed by atoms with van der Waals surface area (Å²) < 4.78 is 28.1. The van der Waals surface area contributed by atoms with Crippen molar-refractivity contribution in [2.24, 2.45) is 0 Å². The fourth-order valence-corrected chi connectivity index (χ4v) is 4.40. The van der Waals surface area contributed by atoms with Gasteiger partial charge in [0, 0.05) is 5.69 Å². The predicted molar refractivity (Wildman–Crippen MR) is 128 cm³/mol. The van der Waals surface area contributed by atoms with Gasteiger partial charge >= 0.3 is 5.97 Å². The molecule has 0 saturated heterocycles. The largest absolute Gasteiger partial charge is 0.478 e. The molecule has 5 nitrogen and oxygen atoms in total. The van der Waals surface area contributed by atoms with Crippen LogP contribution in [0.2, 0.25) is 0 Å². The van der Waals surface area contributed by atoms with Crippen LogP contribution in [0.5, 0.6) is 0 Å². The molecule has 0 radical (unpaired) electrons. The average Bonchev–Trinajstić information content (AvgIpc) is 2.79. The Morgan fingerprint density at radius 3 is 1.81 bits per heavy atom. The van der Waals surface area contributed by atoms with E-state index in [1.807, 2.05) is 36.4 Å². The highest BCUT2D eigenvalue weighted by Gasteiger charge is 2.20. The van der Waals surface area contributed by atoms with Gasteiger partial charge in [-0.05, 0) is 77.8 Å². The van der Waals surface area contributed by atoms with Crippen molar-refractivity contribution in [2.45, 2.75) is 50.3 Å². The van der Waals surface area contributed by atoms with Crippen LogP contribution in [0.15, 0.2) is 77.7 Å². The summed E-state index contributed by atoms with van der Waals surface area (Å²) in [5, 5.41) is 8.97. The summed E-state index contributed by atoms with van der Waals surface area (Å²) in [4.78, 5) is 11.2. The molecule has 32 heavy (non-hydrogen) atoms. The SMILES string of the molecule is CCC(C)(C)c1ccc(S(=O)(=O)Nc2ccc(CCc3ccc(C(=O)O)cc3)cc2)cc1. The van der Waals surface area contributed by atoms with E-state index in [2.05, 4.69) is 25.5 Å². The molecule has 0 aliphatic rings. The van der Waals surface area contributed by atoms with Crippen LogP contribution in [0.3, 0.4) is 0 Å². The second-order valence-corrected chi connectivity index (χ2v) is 10.2. The van der Waals surface area contributed by atoms with Crippen LogP contribution >= 0.6 is 0 Å². The standard InChI is InChI=1S/C26H29NO4S/c1-4-26(2,3)22-13-17-24(18-14-22)32(30,31)27-23-15-9-20(10-16-23)6-5-19-7-11-21(12-8-19)25(28)29/h7-18,27H,4-6H2,1-3H3,(H,28,29). The molecule has 0 bridgehead atoms. The number of carboxylic acid groups (broad SMARTS) is 1. The fraction of sp³-hybridized carbons (Fsp3) is 0.269. The summed E-state index contributed by atoms with van der Waals surface area (Å²) >= 11 is 0. The molecule has 0 aromatic heterocycles. The van der Waals surface area contributed by atoms with Crippen molar-refractivity contribution in [3.05, 3.63) is 95.1 Å². The van der Waals surface area contributed by atoms with Crippen LogP contribution in [-0.4, -0.2) is 19.5 Å².